The number of carbonyl (C=O) groups excluding carboxylic acids is 1. The van der Waals surface area contributed by atoms with Gasteiger partial charge in [0.05, 0.1) is 10.5 Å². The Labute approximate surface area is 169 Å². The Kier molecular flexibility index (Phi) is 6.02. The second-order valence-electron chi connectivity index (χ2n) is 6.02. The molecule has 0 saturated heterocycles. The van der Waals surface area contributed by atoms with Crippen molar-refractivity contribution in [2.75, 3.05) is 4.72 Å². The van der Waals surface area contributed by atoms with Gasteiger partial charge < -0.3 is 4.74 Å². The maximum absolute atomic E-state index is 12.5. The molecule has 0 aliphatic heterocycles. The molecular formula is C21H18ClNO4S. The lowest BCUT2D eigenvalue weighted by Crippen LogP contribution is -2.13. The summed E-state index contributed by atoms with van der Waals surface area (Å²) in [7, 11) is -3.69. The first-order valence-electron chi connectivity index (χ1n) is 8.57. The van der Waals surface area contributed by atoms with E-state index in [1.807, 2.05) is 6.92 Å². The molecule has 0 unspecified atom stereocenters. The average Bonchev–Trinajstić information content (AvgIpc) is 2.70. The van der Waals surface area contributed by atoms with Crippen LogP contribution in [-0.4, -0.2) is 14.4 Å². The Balaban J connectivity index is 1.68. The van der Waals surface area contributed by atoms with Crippen LogP contribution >= 0.6 is 11.6 Å². The van der Waals surface area contributed by atoms with E-state index >= 15 is 0 Å². The highest BCUT2D eigenvalue weighted by atomic mass is 35.5. The number of rotatable bonds is 6. The van der Waals surface area contributed by atoms with Gasteiger partial charge in [-0.3, -0.25) is 4.72 Å². The summed E-state index contributed by atoms with van der Waals surface area (Å²) in [6.45, 7) is 2.00. The Hall–Kier alpha value is -2.83. The average molecular weight is 416 g/mol. The Morgan fingerprint density at radius 2 is 1.54 bits per heavy atom. The zero-order valence-corrected chi connectivity index (χ0v) is 16.6. The summed E-state index contributed by atoms with van der Waals surface area (Å²) in [6.07, 6.45) is 0.837. The monoisotopic (exact) mass is 415 g/mol. The molecule has 28 heavy (non-hydrogen) atoms. The number of halogens is 1. The maximum atomic E-state index is 12.5. The van der Waals surface area contributed by atoms with Gasteiger partial charge in [0.2, 0.25) is 0 Å². The van der Waals surface area contributed by atoms with Crippen molar-refractivity contribution in [3.05, 3.63) is 88.9 Å². The van der Waals surface area contributed by atoms with Gasteiger partial charge in [0.1, 0.15) is 5.75 Å². The second kappa shape index (κ2) is 8.46. The summed E-state index contributed by atoms with van der Waals surface area (Å²) in [6, 6.07) is 19.2. The number of hydrogen-bond donors (Lipinski definition) is 1. The van der Waals surface area contributed by atoms with Crippen LogP contribution in [-0.2, 0) is 16.4 Å². The maximum Gasteiger partial charge on any atom is 0.343 e. The van der Waals surface area contributed by atoms with Crippen LogP contribution in [0.2, 0.25) is 5.02 Å². The molecule has 0 radical (unpaired) electrons. The molecule has 0 aliphatic carbocycles. The van der Waals surface area contributed by atoms with Crippen LogP contribution in [0, 0.1) is 0 Å². The molecule has 7 heteroatoms. The van der Waals surface area contributed by atoms with Crippen LogP contribution in [0.1, 0.15) is 22.8 Å². The summed E-state index contributed by atoms with van der Waals surface area (Å²) in [4.78, 5) is 12.3. The summed E-state index contributed by atoms with van der Waals surface area (Å²) in [5, 5.41) is 0.525. The van der Waals surface area contributed by atoms with Gasteiger partial charge in [-0.25, -0.2) is 13.2 Å². The van der Waals surface area contributed by atoms with Gasteiger partial charge in [0.25, 0.3) is 10.0 Å². The first-order chi connectivity index (χ1) is 13.4. The molecule has 1 N–H and O–H groups in total. The van der Waals surface area contributed by atoms with E-state index in [-0.39, 0.29) is 4.90 Å². The smallest absolute Gasteiger partial charge is 0.343 e. The molecule has 0 atom stereocenters. The molecule has 0 heterocycles. The van der Waals surface area contributed by atoms with E-state index in [1.165, 1.54) is 24.3 Å². The van der Waals surface area contributed by atoms with Crippen molar-refractivity contribution in [1.82, 2.24) is 0 Å². The standard InChI is InChI=1S/C21H18ClNO4S/c1-2-15-3-13-20(14-4-15)28(25,26)23-18-9-11-19(12-10-18)27-21(24)16-5-7-17(22)8-6-16/h3-14,23H,2H2,1H3. The SMILES string of the molecule is CCc1ccc(S(=O)(=O)Nc2ccc(OC(=O)c3ccc(Cl)cc3)cc2)cc1. The summed E-state index contributed by atoms with van der Waals surface area (Å²) in [5.74, 6) is -0.226. The van der Waals surface area contributed by atoms with Gasteiger partial charge in [-0.05, 0) is 72.6 Å². The number of hydrogen-bond acceptors (Lipinski definition) is 4. The Bertz CT molecular complexity index is 1060. The molecular weight excluding hydrogens is 398 g/mol. The number of carbonyl (C=O) groups is 1. The van der Waals surface area contributed by atoms with Gasteiger partial charge >= 0.3 is 5.97 Å². The van der Waals surface area contributed by atoms with Gasteiger partial charge in [-0.1, -0.05) is 30.7 Å². The fourth-order valence-electron chi connectivity index (χ4n) is 2.46. The molecule has 0 saturated carbocycles. The van der Waals surface area contributed by atoms with Gasteiger partial charge in [0, 0.05) is 10.7 Å². The van der Waals surface area contributed by atoms with E-state index < -0.39 is 16.0 Å². The van der Waals surface area contributed by atoms with Crippen LogP contribution in [0.5, 0.6) is 5.75 Å². The summed E-state index contributed by atoms with van der Waals surface area (Å²) < 4.78 is 32.7. The first kappa shape index (κ1) is 19.9. The second-order valence-corrected chi connectivity index (χ2v) is 8.14. The van der Waals surface area contributed by atoms with Crippen LogP contribution in [0.15, 0.2) is 77.7 Å². The van der Waals surface area contributed by atoms with Crippen molar-refractivity contribution >= 4 is 33.3 Å². The quantitative estimate of drug-likeness (QED) is 0.458. The molecule has 0 fully saturated rings. The first-order valence-corrected chi connectivity index (χ1v) is 10.4. The number of nitrogens with one attached hydrogen (secondary N) is 1. The summed E-state index contributed by atoms with van der Waals surface area (Å²) in [5.41, 5.74) is 1.79. The van der Waals surface area contributed by atoms with Gasteiger partial charge in [0.15, 0.2) is 0 Å². The van der Waals surface area contributed by atoms with E-state index in [0.29, 0.717) is 22.0 Å². The predicted octanol–water partition coefficient (Wildman–Crippen LogP) is 4.92. The highest BCUT2D eigenvalue weighted by molar-refractivity contribution is 7.92. The number of sulfonamides is 1. The fraction of sp³-hybridized carbons (Fsp3) is 0.0952. The highest BCUT2D eigenvalue weighted by Crippen LogP contribution is 2.21. The van der Waals surface area contributed by atoms with Crippen molar-refractivity contribution in [3.63, 3.8) is 0 Å². The lowest BCUT2D eigenvalue weighted by atomic mass is 10.2. The summed E-state index contributed by atoms with van der Waals surface area (Å²) >= 11 is 5.80. The van der Waals surface area contributed by atoms with Crippen molar-refractivity contribution in [1.29, 1.82) is 0 Å². The Morgan fingerprint density at radius 3 is 2.11 bits per heavy atom. The molecule has 144 valence electrons. The third-order valence-electron chi connectivity index (χ3n) is 4.04. The van der Waals surface area contributed by atoms with E-state index in [0.717, 1.165) is 12.0 Å². The van der Waals surface area contributed by atoms with Crippen molar-refractivity contribution < 1.29 is 17.9 Å². The van der Waals surface area contributed by atoms with Crippen LogP contribution < -0.4 is 9.46 Å². The molecule has 0 bridgehead atoms. The predicted molar refractivity (Wildman–Crippen MR) is 109 cm³/mol. The number of ether oxygens (including phenoxy) is 1. The number of benzene rings is 3. The van der Waals surface area contributed by atoms with Crippen LogP contribution in [0.25, 0.3) is 0 Å². The minimum absolute atomic E-state index is 0.183. The third-order valence-corrected chi connectivity index (χ3v) is 5.69. The lowest BCUT2D eigenvalue weighted by Gasteiger charge is -2.10. The lowest BCUT2D eigenvalue weighted by molar-refractivity contribution is 0.0735. The molecule has 0 amide bonds. The molecule has 0 aromatic heterocycles. The zero-order chi connectivity index (χ0) is 20.1. The largest absolute Gasteiger partial charge is 0.423 e. The molecule has 3 rings (SSSR count). The minimum atomic E-state index is -3.69. The van der Waals surface area contributed by atoms with E-state index in [4.69, 9.17) is 16.3 Å². The molecule has 3 aromatic carbocycles. The van der Waals surface area contributed by atoms with E-state index in [9.17, 15) is 13.2 Å². The zero-order valence-electron chi connectivity index (χ0n) is 15.1. The topological polar surface area (TPSA) is 72.5 Å². The fourth-order valence-corrected chi connectivity index (χ4v) is 3.65. The van der Waals surface area contributed by atoms with Crippen molar-refractivity contribution in [3.8, 4) is 5.75 Å². The number of anilines is 1. The molecule has 0 aliphatic rings. The highest BCUT2D eigenvalue weighted by Gasteiger charge is 2.14. The van der Waals surface area contributed by atoms with Crippen molar-refractivity contribution in [2.45, 2.75) is 18.2 Å². The Morgan fingerprint density at radius 1 is 0.929 bits per heavy atom. The van der Waals surface area contributed by atoms with Gasteiger partial charge in [-0.15, -0.1) is 0 Å². The normalized spacial score (nSPS) is 11.1. The van der Waals surface area contributed by atoms with E-state index in [2.05, 4.69) is 4.72 Å². The van der Waals surface area contributed by atoms with E-state index in [1.54, 1.807) is 48.5 Å². The van der Waals surface area contributed by atoms with Crippen LogP contribution in [0.4, 0.5) is 5.69 Å². The molecule has 0 spiro atoms. The number of esters is 1. The number of aryl methyl sites for hydroxylation is 1. The van der Waals surface area contributed by atoms with Gasteiger partial charge in [-0.2, -0.15) is 0 Å². The molecule has 5 nitrogen and oxygen atoms in total. The third kappa shape index (κ3) is 4.91. The van der Waals surface area contributed by atoms with Crippen molar-refractivity contribution in [2.24, 2.45) is 0 Å². The minimum Gasteiger partial charge on any atom is -0.423 e. The van der Waals surface area contributed by atoms with Crippen LogP contribution in [0.3, 0.4) is 0 Å². The molecule has 3 aromatic rings.